The van der Waals surface area contributed by atoms with Crippen molar-refractivity contribution in [1.29, 1.82) is 0 Å². The molecular formula is C10F18O. The molecule has 0 bridgehead atoms. The molecule has 1 nitrogen and oxygen atoms in total. The first-order chi connectivity index (χ1) is 12.2. The monoisotopic (exact) mass is 478 g/mol. The fourth-order valence-electron chi connectivity index (χ4n) is 1.91. The van der Waals surface area contributed by atoms with Gasteiger partial charge in [0, 0.05) is 0 Å². The Kier molecular flexibility index (Phi) is 5.16. The fraction of sp³-hybridized carbons (Fsp3) is 0.800. The van der Waals surface area contributed by atoms with Gasteiger partial charge in [-0.25, -0.2) is 4.39 Å². The molecular weight excluding hydrogens is 478 g/mol. The average Bonchev–Trinajstić information content (AvgIpc) is 2.44. The zero-order valence-corrected chi connectivity index (χ0v) is 12.2. The third-order valence-electron chi connectivity index (χ3n) is 3.41. The summed E-state index contributed by atoms with van der Waals surface area (Å²) < 4.78 is 235. The molecule has 0 aromatic carbocycles. The van der Waals surface area contributed by atoms with Crippen molar-refractivity contribution < 1.29 is 83.8 Å². The summed E-state index contributed by atoms with van der Waals surface area (Å²) in [4.78, 5) is 0. The lowest BCUT2D eigenvalue weighted by molar-refractivity contribution is -0.421. The Hall–Kier alpha value is -1.72. The van der Waals surface area contributed by atoms with Gasteiger partial charge in [0.15, 0.2) is 0 Å². The Bertz CT molecular complexity index is 694. The quantitative estimate of drug-likeness (QED) is 0.432. The van der Waals surface area contributed by atoms with Crippen LogP contribution in [0.3, 0.4) is 0 Å². The summed E-state index contributed by atoms with van der Waals surface area (Å²) in [6.45, 7) is 0. The molecule has 0 aromatic rings. The van der Waals surface area contributed by atoms with E-state index in [-0.39, 0.29) is 0 Å². The Labute approximate surface area is 144 Å². The van der Waals surface area contributed by atoms with Gasteiger partial charge < -0.3 is 4.74 Å². The van der Waals surface area contributed by atoms with Crippen molar-refractivity contribution in [1.82, 2.24) is 0 Å². The molecule has 0 N–H and O–H groups in total. The Balaban J connectivity index is 4.20. The highest BCUT2D eigenvalue weighted by atomic mass is 19.4. The van der Waals surface area contributed by atoms with Crippen LogP contribution in [0.2, 0.25) is 0 Å². The molecule has 0 saturated heterocycles. The highest BCUT2D eigenvalue weighted by molar-refractivity contribution is 5.38. The molecule has 0 amide bonds. The highest BCUT2D eigenvalue weighted by Crippen LogP contribution is 2.66. The van der Waals surface area contributed by atoms with Gasteiger partial charge in [0.1, 0.15) is 5.57 Å². The predicted octanol–water partition coefficient (Wildman–Crippen LogP) is 6.16. The number of halogens is 18. The van der Waals surface area contributed by atoms with E-state index in [9.17, 15) is 79.0 Å². The highest BCUT2D eigenvalue weighted by Gasteiger charge is 2.94. The first-order valence-corrected chi connectivity index (χ1v) is 6.06. The van der Waals surface area contributed by atoms with Crippen molar-refractivity contribution >= 4 is 0 Å². The number of allylic oxidation sites excluding steroid dienone is 1. The van der Waals surface area contributed by atoms with E-state index in [1.807, 2.05) is 0 Å². The van der Waals surface area contributed by atoms with Crippen LogP contribution >= 0.6 is 0 Å². The minimum atomic E-state index is -8.30. The van der Waals surface area contributed by atoms with Crippen molar-refractivity contribution in [3.8, 4) is 0 Å². The van der Waals surface area contributed by atoms with Crippen LogP contribution in [0.4, 0.5) is 79.0 Å². The Morgan fingerprint density at radius 1 is 0.621 bits per heavy atom. The molecule has 0 fully saturated rings. The number of ether oxygens (including phenoxy) is 1. The maximum atomic E-state index is 14.0. The van der Waals surface area contributed by atoms with Crippen molar-refractivity contribution in [2.24, 2.45) is 0 Å². The van der Waals surface area contributed by atoms with Crippen molar-refractivity contribution in [2.75, 3.05) is 0 Å². The summed E-state index contributed by atoms with van der Waals surface area (Å²) >= 11 is 0. The third-order valence-corrected chi connectivity index (χ3v) is 3.41. The van der Waals surface area contributed by atoms with E-state index in [1.54, 1.807) is 4.74 Å². The van der Waals surface area contributed by atoms with Crippen LogP contribution in [0.25, 0.3) is 0 Å². The Morgan fingerprint density at radius 2 is 1.00 bits per heavy atom. The van der Waals surface area contributed by atoms with Gasteiger partial charge in [0.25, 0.3) is 6.01 Å². The first-order valence-electron chi connectivity index (χ1n) is 6.06. The zero-order valence-electron chi connectivity index (χ0n) is 12.2. The topological polar surface area (TPSA) is 9.23 Å². The van der Waals surface area contributed by atoms with Gasteiger partial charge in [-0.05, 0) is 0 Å². The standard InChI is InChI=1S/C10F18O/c11-2-1(4(13,14)6(17,18)9(24,25)26)3(12,8(21,22)23)5(15,16)7(19,20)10(27,28)29-2. The summed E-state index contributed by atoms with van der Waals surface area (Å²) in [5.74, 6) is -32.4. The minimum absolute atomic E-state index is 1.78. The van der Waals surface area contributed by atoms with Crippen LogP contribution < -0.4 is 0 Å². The van der Waals surface area contributed by atoms with E-state index < -0.39 is 59.4 Å². The molecule has 19 heteroatoms. The van der Waals surface area contributed by atoms with Crippen molar-refractivity contribution in [3.05, 3.63) is 11.6 Å². The normalized spacial score (nSPS) is 28.1. The van der Waals surface area contributed by atoms with Gasteiger partial charge in [0.05, 0.1) is 0 Å². The zero-order chi connectivity index (χ0) is 23.9. The SMILES string of the molecule is FC1=C(C(F)(F)C(F)(F)C(F)(F)F)C(F)(C(F)(F)F)C(F)(F)C(F)(F)C(F)(F)O1. The minimum Gasteiger partial charge on any atom is -0.401 e. The summed E-state index contributed by atoms with van der Waals surface area (Å²) in [5, 5.41) is 0. The van der Waals surface area contributed by atoms with Crippen LogP contribution in [0.15, 0.2) is 11.6 Å². The van der Waals surface area contributed by atoms with E-state index in [0.29, 0.717) is 0 Å². The molecule has 1 unspecified atom stereocenters. The van der Waals surface area contributed by atoms with Gasteiger partial charge in [0.2, 0.25) is 0 Å². The number of hydrogen-bond donors (Lipinski definition) is 0. The smallest absolute Gasteiger partial charge is 0.401 e. The summed E-state index contributed by atoms with van der Waals surface area (Å²) in [5.41, 5.74) is -13.7. The number of rotatable bonds is 2. The largest absolute Gasteiger partial charge is 0.472 e. The molecule has 172 valence electrons. The van der Waals surface area contributed by atoms with Gasteiger partial charge in [-0.1, -0.05) is 0 Å². The van der Waals surface area contributed by atoms with E-state index in [0.717, 1.165) is 0 Å². The van der Waals surface area contributed by atoms with Gasteiger partial charge in [-0.15, -0.1) is 0 Å². The lowest BCUT2D eigenvalue weighted by Gasteiger charge is -2.41. The molecule has 29 heavy (non-hydrogen) atoms. The van der Waals surface area contributed by atoms with Crippen LogP contribution in [0.5, 0.6) is 0 Å². The molecule has 0 spiro atoms. The maximum Gasteiger partial charge on any atom is 0.472 e. The van der Waals surface area contributed by atoms with Crippen molar-refractivity contribution in [2.45, 2.75) is 47.8 Å². The maximum absolute atomic E-state index is 14.0. The second kappa shape index (κ2) is 5.92. The molecule has 1 aliphatic heterocycles. The predicted molar refractivity (Wildman–Crippen MR) is 49.9 cm³/mol. The van der Waals surface area contributed by atoms with Crippen molar-refractivity contribution in [3.63, 3.8) is 0 Å². The van der Waals surface area contributed by atoms with Gasteiger partial charge >= 0.3 is 47.8 Å². The number of hydrogen-bond acceptors (Lipinski definition) is 1. The molecule has 0 aromatic heterocycles. The molecule has 0 radical (unpaired) electrons. The second-order valence-electron chi connectivity index (χ2n) is 5.22. The molecule has 1 rings (SSSR count). The van der Waals surface area contributed by atoms with Crippen LogP contribution in [-0.4, -0.2) is 47.8 Å². The van der Waals surface area contributed by atoms with E-state index >= 15 is 0 Å². The second-order valence-corrected chi connectivity index (χ2v) is 5.22. The molecule has 1 atom stereocenters. The summed E-state index contributed by atoms with van der Waals surface area (Å²) in [6, 6.07) is -4.90. The lowest BCUT2D eigenvalue weighted by Crippen LogP contribution is -2.70. The molecule has 0 aliphatic carbocycles. The molecule has 1 heterocycles. The van der Waals surface area contributed by atoms with Crippen LogP contribution in [-0.2, 0) is 4.74 Å². The average molecular weight is 478 g/mol. The fourth-order valence-corrected chi connectivity index (χ4v) is 1.91. The summed E-state index contributed by atoms with van der Waals surface area (Å²) in [7, 11) is 0. The summed E-state index contributed by atoms with van der Waals surface area (Å²) in [6.07, 6.45) is -23.2. The third kappa shape index (κ3) is 2.89. The Morgan fingerprint density at radius 3 is 1.31 bits per heavy atom. The van der Waals surface area contributed by atoms with E-state index in [2.05, 4.69) is 0 Å². The lowest BCUT2D eigenvalue weighted by atomic mass is 9.80. The molecule has 0 saturated carbocycles. The van der Waals surface area contributed by atoms with E-state index in [4.69, 9.17) is 0 Å². The van der Waals surface area contributed by atoms with Crippen LogP contribution in [0, 0.1) is 0 Å². The van der Waals surface area contributed by atoms with E-state index in [1.165, 1.54) is 0 Å². The first kappa shape index (κ1) is 25.3. The van der Waals surface area contributed by atoms with Gasteiger partial charge in [-0.3, -0.25) is 0 Å². The van der Waals surface area contributed by atoms with Gasteiger partial charge in [-0.2, -0.15) is 74.6 Å². The molecule has 1 aliphatic rings. The van der Waals surface area contributed by atoms with Crippen LogP contribution in [0.1, 0.15) is 0 Å². The number of alkyl halides is 17.